The van der Waals surface area contributed by atoms with E-state index >= 15 is 0 Å². The van der Waals surface area contributed by atoms with E-state index in [-0.39, 0.29) is 18.9 Å². The van der Waals surface area contributed by atoms with Crippen molar-refractivity contribution in [3.05, 3.63) is 53.6 Å². The van der Waals surface area contributed by atoms with E-state index in [2.05, 4.69) is 33.5 Å². The maximum atomic E-state index is 14.1. The molecule has 232 valence electrons. The highest BCUT2D eigenvalue weighted by atomic mass is 32.2. The fourth-order valence-corrected chi connectivity index (χ4v) is 7.40. The number of aryl methyl sites for hydroxylation is 1. The molecular formula is C31H42FN7O3S. The van der Waals surface area contributed by atoms with E-state index in [0.717, 1.165) is 48.9 Å². The van der Waals surface area contributed by atoms with Crippen LogP contribution >= 0.6 is 0 Å². The second-order valence-electron chi connectivity index (χ2n) is 11.3. The topological polar surface area (TPSA) is 117 Å². The summed E-state index contributed by atoms with van der Waals surface area (Å²) < 4.78 is 30.7. The molecule has 3 aromatic rings. The van der Waals surface area contributed by atoms with Gasteiger partial charge in [0.05, 0.1) is 10.4 Å². The van der Waals surface area contributed by atoms with Gasteiger partial charge in [-0.1, -0.05) is 32.0 Å². The SMILES string of the molecule is CC.Cn1nc(N2CCC(=O)NC2=O)c2ccc(C3CCN(Cc4cccc(S(=O)N5CCC(N)C(F)C5)c4)CC3)cc21. The molecule has 3 aliphatic heterocycles. The van der Waals surface area contributed by atoms with E-state index in [9.17, 15) is 18.2 Å². The lowest BCUT2D eigenvalue weighted by Gasteiger charge is -2.33. The first-order chi connectivity index (χ1) is 20.8. The highest BCUT2D eigenvalue weighted by Gasteiger charge is 2.31. The van der Waals surface area contributed by atoms with Crippen LogP contribution < -0.4 is 16.0 Å². The van der Waals surface area contributed by atoms with E-state index in [1.807, 2.05) is 45.2 Å². The Morgan fingerprint density at radius 1 is 1.05 bits per heavy atom. The standard InChI is InChI=1S/C29H36FN7O3S.C2H6/c1-34-26-16-21(5-6-23(26)28(33-34)37-14-10-27(38)32-29(37)39)20-7-11-35(12-8-20)17-19-3-2-4-22(15-19)41(40)36-13-9-25(31)24(30)18-36;1-2/h2-6,15-16,20,24-25H,7-14,17-18,31H2,1H3,(H,32,38,39);1-2H3. The van der Waals surface area contributed by atoms with Gasteiger partial charge in [-0.3, -0.25) is 24.6 Å². The van der Waals surface area contributed by atoms with Gasteiger partial charge < -0.3 is 5.73 Å². The third-order valence-corrected chi connectivity index (χ3v) is 9.98. The largest absolute Gasteiger partial charge is 0.329 e. The molecule has 12 heteroatoms. The van der Waals surface area contributed by atoms with Gasteiger partial charge in [0.1, 0.15) is 17.2 Å². The van der Waals surface area contributed by atoms with Gasteiger partial charge in [0.25, 0.3) is 0 Å². The summed E-state index contributed by atoms with van der Waals surface area (Å²) in [6.45, 7) is 7.63. The molecule has 6 rings (SSSR count). The van der Waals surface area contributed by atoms with Crippen LogP contribution in [0.25, 0.3) is 10.9 Å². The summed E-state index contributed by atoms with van der Waals surface area (Å²) in [5.74, 6) is 0.732. The van der Waals surface area contributed by atoms with Gasteiger partial charge in [0, 0.05) is 51.1 Å². The van der Waals surface area contributed by atoms with Gasteiger partial charge in [0.15, 0.2) is 5.82 Å². The highest BCUT2D eigenvalue weighted by Crippen LogP contribution is 2.34. The van der Waals surface area contributed by atoms with Crippen LogP contribution in [0.5, 0.6) is 0 Å². The number of aromatic nitrogens is 2. The van der Waals surface area contributed by atoms with Crippen molar-refractivity contribution in [1.29, 1.82) is 0 Å². The molecule has 10 nitrogen and oxygen atoms in total. The Balaban J connectivity index is 0.00000180. The number of carbonyl (C=O) groups is 2. The summed E-state index contributed by atoms with van der Waals surface area (Å²) in [6, 6.07) is 13.3. The van der Waals surface area contributed by atoms with E-state index in [1.165, 1.54) is 10.5 Å². The zero-order chi connectivity index (χ0) is 30.7. The molecule has 3 N–H and O–H groups in total. The molecule has 3 atom stereocenters. The summed E-state index contributed by atoms with van der Waals surface area (Å²) in [5, 5.41) is 7.87. The number of nitrogens with two attached hydrogens (primary N) is 1. The maximum absolute atomic E-state index is 14.1. The van der Waals surface area contributed by atoms with Crippen molar-refractivity contribution in [1.82, 2.24) is 24.3 Å². The first-order valence-electron chi connectivity index (χ1n) is 15.2. The first-order valence-corrected chi connectivity index (χ1v) is 16.3. The molecule has 3 aliphatic rings. The van der Waals surface area contributed by atoms with Crippen molar-refractivity contribution in [3.63, 3.8) is 0 Å². The summed E-state index contributed by atoms with van der Waals surface area (Å²) in [4.78, 5) is 28.6. The average molecular weight is 612 g/mol. The molecule has 3 amide bonds. The number of nitrogens with zero attached hydrogens (tertiary/aromatic N) is 5. The number of nitrogens with one attached hydrogen (secondary N) is 1. The van der Waals surface area contributed by atoms with Crippen molar-refractivity contribution >= 4 is 39.6 Å². The monoisotopic (exact) mass is 611 g/mol. The minimum absolute atomic E-state index is 0.103. The number of fused-ring (bicyclic) bond motifs is 1. The number of amides is 3. The maximum Gasteiger partial charge on any atom is 0.329 e. The zero-order valence-corrected chi connectivity index (χ0v) is 26.0. The summed E-state index contributed by atoms with van der Waals surface area (Å²) in [5.41, 5.74) is 9.11. The summed E-state index contributed by atoms with van der Waals surface area (Å²) in [6.07, 6.45) is 1.65. The van der Waals surface area contributed by atoms with Crippen LogP contribution in [0.3, 0.4) is 0 Å². The predicted octanol–water partition coefficient (Wildman–Crippen LogP) is 3.82. The minimum Gasteiger partial charge on any atom is -0.325 e. The van der Waals surface area contributed by atoms with Crippen LogP contribution in [0.2, 0.25) is 0 Å². The second-order valence-corrected chi connectivity index (χ2v) is 12.8. The van der Waals surface area contributed by atoms with Gasteiger partial charge in [-0.25, -0.2) is 17.7 Å². The number of hydrogen-bond donors (Lipinski definition) is 2. The third-order valence-electron chi connectivity index (χ3n) is 8.52. The summed E-state index contributed by atoms with van der Waals surface area (Å²) in [7, 11) is 0.479. The molecule has 2 aromatic carbocycles. The smallest absolute Gasteiger partial charge is 0.325 e. The van der Waals surface area contributed by atoms with Gasteiger partial charge in [-0.2, -0.15) is 5.10 Å². The number of carbonyl (C=O) groups excluding carboxylic acids is 2. The zero-order valence-electron chi connectivity index (χ0n) is 25.2. The second kappa shape index (κ2) is 13.6. The number of imide groups is 1. The van der Waals surface area contributed by atoms with E-state index < -0.39 is 29.2 Å². The molecule has 4 heterocycles. The van der Waals surface area contributed by atoms with Crippen LogP contribution in [0.1, 0.15) is 56.6 Å². The fraction of sp³-hybridized carbons (Fsp3) is 0.516. The Bertz CT molecular complexity index is 1490. The van der Waals surface area contributed by atoms with Crippen molar-refractivity contribution in [3.8, 4) is 0 Å². The van der Waals surface area contributed by atoms with E-state index in [0.29, 0.717) is 36.1 Å². The Morgan fingerprint density at radius 3 is 2.53 bits per heavy atom. The number of alkyl halides is 1. The van der Waals surface area contributed by atoms with Crippen molar-refractivity contribution < 1.29 is 18.2 Å². The molecule has 0 spiro atoms. The lowest BCUT2D eigenvalue weighted by atomic mass is 9.89. The van der Waals surface area contributed by atoms with Crippen LogP contribution in [-0.4, -0.2) is 80.1 Å². The van der Waals surface area contributed by atoms with Crippen LogP contribution in [0, 0.1) is 0 Å². The molecule has 0 saturated carbocycles. The molecule has 43 heavy (non-hydrogen) atoms. The van der Waals surface area contributed by atoms with Crippen LogP contribution in [-0.2, 0) is 29.4 Å². The Labute approximate surface area is 255 Å². The van der Waals surface area contributed by atoms with E-state index in [1.54, 1.807) is 8.99 Å². The molecule has 3 saturated heterocycles. The molecular weight excluding hydrogens is 569 g/mol. The number of urea groups is 1. The normalized spacial score (nSPS) is 23.1. The molecule has 1 aromatic heterocycles. The van der Waals surface area contributed by atoms with Crippen LogP contribution in [0.4, 0.5) is 15.0 Å². The average Bonchev–Trinajstić information content (AvgIpc) is 3.35. The molecule has 3 unspecified atom stereocenters. The quantitative estimate of drug-likeness (QED) is 0.438. The Hall–Kier alpha value is -3.19. The Kier molecular flexibility index (Phi) is 9.90. The van der Waals surface area contributed by atoms with Gasteiger partial charge in [-0.15, -0.1) is 0 Å². The minimum atomic E-state index is -1.40. The lowest BCUT2D eigenvalue weighted by Crippen LogP contribution is -2.49. The number of halogens is 1. The highest BCUT2D eigenvalue weighted by molar-refractivity contribution is 7.82. The number of rotatable bonds is 6. The summed E-state index contributed by atoms with van der Waals surface area (Å²) >= 11 is 0. The van der Waals surface area contributed by atoms with Crippen molar-refractivity contribution in [2.75, 3.05) is 37.6 Å². The fourth-order valence-electron chi connectivity index (χ4n) is 6.10. The number of hydrogen-bond acceptors (Lipinski definition) is 6. The van der Waals surface area contributed by atoms with E-state index in [4.69, 9.17) is 5.73 Å². The molecule has 3 fully saturated rings. The predicted molar refractivity (Wildman–Crippen MR) is 167 cm³/mol. The number of likely N-dealkylation sites (tertiary alicyclic amines) is 1. The van der Waals surface area contributed by atoms with Crippen LogP contribution in [0.15, 0.2) is 47.4 Å². The van der Waals surface area contributed by atoms with Crippen molar-refractivity contribution in [2.45, 2.75) is 69.1 Å². The first kappa shape index (κ1) is 31.2. The van der Waals surface area contributed by atoms with Crippen molar-refractivity contribution in [2.24, 2.45) is 12.8 Å². The number of benzene rings is 2. The van der Waals surface area contributed by atoms with Gasteiger partial charge in [0.2, 0.25) is 5.91 Å². The lowest BCUT2D eigenvalue weighted by molar-refractivity contribution is -0.120. The Morgan fingerprint density at radius 2 is 1.81 bits per heavy atom. The number of piperidine rings is 2. The molecule has 0 bridgehead atoms. The van der Waals surface area contributed by atoms with Gasteiger partial charge >= 0.3 is 6.03 Å². The van der Waals surface area contributed by atoms with Gasteiger partial charge in [-0.05, 0) is 73.7 Å². The molecule has 0 aliphatic carbocycles. The third kappa shape index (κ3) is 6.82. The number of anilines is 1. The molecule has 0 radical (unpaired) electrons.